The van der Waals surface area contributed by atoms with Crippen molar-refractivity contribution >= 4 is 16.9 Å². The fourth-order valence-corrected chi connectivity index (χ4v) is 2.77. The molecule has 0 bridgehead atoms. The molecule has 0 unspecified atom stereocenters. The quantitative estimate of drug-likeness (QED) is 0.118. The number of aromatic carboxylic acids is 1. The Hall–Kier alpha value is 2.82. The maximum absolute atomic E-state index is 11.6. The molecule has 1 aliphatic carbocycles. The van der Waals surface area contributed by atoms with Gasteiger partial charge in [0, 0.05) is 136 Å². The zero-order valence-electron chi connectivity index (χ0n) is 16.8. The minimum absolute atomic E-state index is 0. The molecule has 0 atom stereocenters. The van der Waals surface area contributed by atoms with Crippen molar-refractivity contribution in [2.45, 2.75) is 0 Å². The maximum atomic E-state index is 11.6. The minimum Gasteiger partial charge on any atom is -0.908 e. The van der Waals surface area contributed by atoms with Gasteiger partial charge in [-0.15, -0.1) is 5.58 Å². The number of fused-ring (bicyclic) bond motifs is 2. The first kappa shape index (κ1) is 38.3. The summed E-state index contributed by atoms with van der Waals surface area (Å²) in [6, 6.07) is 19.0. The van der Waals surface area contributed by atoms with Crippen molar-refractivity contribution in [3.05, 3.63) is 76.5 Å². The van der Waals surface area contributed by atoms with Crippen LogP contribution in [-0.4, -0.2) is 5.97 Å². The van der Waals surface area contributed by atoms with E-state index in [-0.39, 0.29) is 207 Å². The molecule has 134 valence electrons. The Bertz CT molecular complexity index is 1180. The molecule has 0 amide bonds. The second kappa shape index (κ2) is 17.3. The van der Waals surface area contributed by atoms with Crippen LogP contribution in [0.4, 0.5) is 0 Å². The zero-order valence-corrected chi connectivity index (χ0v) is 32.2. The van der Waals surface area contributed by atoms with Gasteiger partial charge in [0.1, 0.15) is 0 Å². The second-order valence-corrected chi connectivity index (χ2v) is 5.28. The number of carboxylic acid groups (broad SMARTS) is 1. The standard InChI is InChI=1S/C20H8O5.2Na.4Y/c21-11-5-7-15-17(9-11)25-18-10-12(22)6-8-16(18)19(15)13-3-1-2-4-14(13)20(23)24;;;;;;/h1-4,7-8,21H,(H,23,24);;;;;;/q-4;2*+1;;;;/p-2. The number of carbonyl (C=O) groups is 1. The number of hydrogen-bond acceptors (Lipinski definition) is 5. The van der Waals surface area contributed by atoms with Gasteiger partial charge in [0.05, 0.1) is 5.97 Å². The first-order chi connectivity index (χ1) is 12.0. The van der Waals surface area contributed by atoms with Crippen molar-refractivity contribution in [3.63, 3.8) is 0 Å². The number of benzene rings is 3. The molecule has 2 aromatic carbocycles. The molecule has 2 aromatic rings. The molecule has 0 saturated carbocycles. The van der Waals surface area contributed by atoms with E-state index >= 15 is 0 Å². The third-order valence-corrected chi connectivity index (χ3v) is 3.80. The fourth-order valence-electron chi connectivity index (χ4n) is 2.77. The van der Waals surface area contributed by atoms with E-state index in [1.165, 1.54) is 18.2 Å². The van der Waals surface area contributed by atoms with Gasteiger partial charge in [-0.2, -0.15) is 0 Å². The molecule has 11 heteroatoms. The van der Waals surface area contributed by atoms with Crippen molar-refractivity contribution in [1.82, 2.24) is 0 Å². The van der Waals surface area contributed by atoms with Crippen molar-refractivity contribution < 1.29 is 209 Å². The van der Waals surface area contributed by atoms with E-state index < -0.39 is 17.1 Å². The summed E-state index contributed by atoms with van der Waals surface area (Å²) in [4.78, 5) is 23.1. The van der Waals surface area contributed by atoms with Crippen LogP contribution >= 0.6 is 0 Å². The summed E-state index contributed by atoms with van der Waals surface area (Å²) in [6.45, 7) is 0. The summed E-state index contributed by atoms with van der Waals surface area (Å²) in [5, 5.41) is 23.5. The molecule has 31 heavy (non-hydrogen) atoms. The summed E-state index contributed by atoms with van der Waals surface area (Å²) >= 11 is 0. The number of carboxylic acids is 1. The van der Waals surface area contributed by atoms with Crippen molar-refractivity contribution in [1.29, 1.82) is 0 Å². The summed E-state index contributed by atoms with van der Waals surface area (Å²) < 4.78 is 5.56. The SMILES string of the molecule is O=C([O-])c1ccccc1-c1c2c[c-]c(=O)[c-]c-2oc2[c-]c([O-])[c-]cc12.[Na+].[Na+].[Y].[Y].[Y].[Y]. The minimum atomic E-state index is -1.35. The average molecular weight is 728 g/mol. The Labute approximate surface area is 324 Å². The van der Waals surface area contributed by atoms with Crippen LogP contribution in [0.15, 0.2) is 45.6 Å². The van der Waals surface area contributed by atoms with Crippen molar-refractivity contribution in [2.75, 3.05) is 0 Å². The molecule has 0 N–H and O–H groups in total. The average Bonchev–Trinajstić information content (AvgIpc) is 2.59. The smallest absolute Gasteiger partial charge is 0.908 e. The van der Waals surface area contributed by atoms with Gasteiger partial charge in [-0.3, -0.25) is 18.2 Å². The van der Waals surface area contributed by atoms with E-state index in [2.05, 4.69) is 24.3 Å². The van der Waals surface area contributed by atoms with Crippen LogP contribution in [-0.2, 0) is 131 Å². The van der Waals surface area contributed by atoms with Gasteiger partial charge in [-0.1, -0.05) is 41.0 Å². The van der Waals surface area contributed by atoms with Gasteiger partial charge < -0.3 is 48.2 Å². The Balaban J connectivity index is -0.00000131. The molecule has 0 saturated heterocycles. The molecule has 2 aliphatic rings. The zero-order chi connectivity index (χ0) is 17.6. The molecule has 5 nitrogen and oxygen atoms in total. The van der Waals surface area contributed by atoms with E-state index in [0.29, 0.717) is 22.1 Å². The van der Waals surface area contributed by atoms with Gasteiger partial charge in [-0.25, -0.2) is 16.5 Å². The molecule has 0 aromatic heterocycles. The molecule has 4 radical (unpaired) electrons. The first-order valence-corrected chi connectivity index (χ1v) is 7.21. The maximum Gasteiger partial charge on any atom is 1.00 e. The van der Waals surface area contributed by atoms with Crippen LogP contribution < -0.4 is 74.8 Å². The monoisotopic (exact) mass is 728 g/mol. The van der Waals surface area contributed by atoms with Crippen LogP contribution in [0.3, 0.4) is 0 Å². The number of hydrogen-bond donors (Lipinski definition) is 0. The van der Waals surface area contributed by atoms with E-state index in [1.807, 2.05) is 0 Å². The third kappa shape index (κ3) is 8.71. The van der Waals surface area contributed by atoms with Crippen molar-refractivity contribution in [3.8, 4) is 28.2 Å². The number of carbonyl (C=O) groups excluding carboxylic acids is 1. The largest absolute Gasteiger partial charge is 1.00 e. The first-order valence-electron chi connectivity index (χ1n) is 7.21. The van der Waals surface area contributed by atoms with E-state index in [4.69, 9.17) is 4.42 Å². The molecular weight excluding hydrogens is 722 g/mol. The van der Waals surface area contributed by atoms with Crippen molar-refractivity contribution in [2.24, 2.45) is 0 Å². The Morgan fingerprint density at radius 3 is 2.19 bits per heavy atom. The Morgan fingerprint density at radius 2 is 1.55 bits per heavy atom. The molecule has 1 aliphatic heterocycles. The Kier molecular flexibility index (Phi) is 21.4. The predicted molar refractivity (Wildman–Crippen MR) is 83.7 cm³/mol. The van der Waals surface area contributed by atoms with Gasteiger partial charge >= 0.3 is 59.1 Å². The van der Waals surface area contributed by atoms with Crippen LogP contribution in [0.1, 0.15) is 10.4 Å². The summed E-state index contributed by atoms with van der Waals surface area (Å²) in [5.74, 6) is -1.78. The second-order valence-electron chi connectivity index (χ2n) is 5.28. The van der Waals surface area contributed by atoms with Crippen LogP contribution in [0.2, 0.25) is 0 Å². The molecule has 1 heterocycles. The van der Waals surface area contributed by atoms with E-state index in [0.717, 1.165) is 0 Å². The van der Waals surface area contributed by atoms with Gasteiger partial charge in [0.2, 0.25) is 0 Å². The van der Waals surface area contributed by atoms with Crippen LogP contribution in [0.25, 0.3) is 33.4 Å². The van der Waals surface area contributed by atoms with Gasteiger partial charge in [0.25, 0.3) is 0 Å². The molecule has 0 spiro atoms. The molecular formula is C20H6Na2O5Y4-4. The van der Waals surface area contributed by atoms with Gasteiger partial charge in [-0.05, 0) is 0 Å². The summed E-state index contributed by atoms with van der Waals surface area (Å²) in [6.07, 6.45) is 0. The van der Waals surface area contributed by atoms with E-state index in [1.54, 1.807) is 18.2 Å². The normalized spacial score (nSPS) is 8.90. The molecule has 4 rings (SSSR count). The van der Waals surface area contributed by atoms with Crippen LogP contribution in [0.5, 0.6) is 5.75 Å². The number of rotatable bonds is 2. The summed E-state index contributed by atoms with van der Waals surface area (Å²) in [5.41, 5.74) is 0.779. The topological polar surface area (TPSA) is 93.4 Å². The van der Waals surface area contributed by atoms with E-state index in [9.17, 15) is 19.8 Å². The summed E-state index contributed by atoms with van der Waals surface area (Å²) in [7, 11) is 0. The predicted octanol–water partition coefficient (Wildman–Crippen LogP) is -4.80. The fraction of sp³-hybridized carbons (Fsp3) is 0. The Morgan fingerprint density at radius 1 is 0.903 bits per heavy atom. The van der Waals surface area contributed by atoms with Gasteiger partial charge in [0.15, 0.2) is 0 Å². The molecule has 0 fully saturated rings. The van der Waals surface area contributed by atoms with Crippen LogP contribution in [0, 0.1) is 24.3 Å². The third-order valence-electron chi connectivity index (χ3n) is 3.80.